The minimum atomic E-state index is 0.0694. The van der Waals surface area contributed by atoms with E-state index < -0.39 is 0 Å². The first-order chi connectivity index (χ1) is 12.8. The van der Waals surface area contributed by atoms with Gasteiger partial charge in [-0.3, -0.25) is 4.79 Å². The molecule has 0 bridgehead atoms. The van der Waals surface area contributed by atoms with E-state index in [0.717, 1.165) is 30.0 Å². The highest BCUT2D eigenvalue weighted by Crippen LogP contribution is 2.44. The van der Waals surface area contributed by atoms with Crippen molar-refractivity contribution in [2.75, 3.05) is 26.2 Å². The summed E-state index contributed by atoms with van der Waals surface area (Å²) < 4.78 is 0. The molecule has 0 N–H and O–H groups in total. The van der Waals surface area contributed by atoms with E-state index in [0.29, 0.717) is 0 Å². The highest BCUT2D eigenvalue weighted by Gasteiger charge is 2.33. The summed E-state index contributed by atoms with van der Waals surface area (Å²) in [6.45, 7) is 4.34. The molecule has 1 atom stereocenters. The number of carbonyl (C=O) groups excluding carboxylic acids is 1. The van der Waals surface area contributed by atoms with E-state index in [-0.39, 0.29) is 11.3 Å². The standard InChI is InChI=1S/C22H26N2OS/c25-21-19-12-5-6-13-20(19)26-22(18-10-3-1-4-11-18)24(21)17-9-16-23-14-7-2-8-15-23/h1,3-6,10-13,22H,2,7-9,14-17H2. The molecule has 4 rings (SSSR count). The lowest BCUT2D eigenvalue weighted by atomic mass is 10.1. The van der Waals surface area contributed by atoms with Gasteiger partial charge in [0, 0.05) is 11.4 Å². The zero-order valence-electron chi connectivity index (χ0n) is 15.1. The van der Waals surface area contributed by atoms with Crippen molar-refractivity contribution >= 4 is 17.7 Å². The molecule has 26 heavy (non-hydrogen) atoms. The summed E-state index contributed by atoms with van der Waals surface area (Å²) in [4.78, 5) is 18.9. The summed E-state index contributed by atoms with van der Waals surface area (Å²) in [5.41, 5.74) is 2.06. The Balaban J connectivity index is 1.51. The van der Waals surface area contributed by atoms with Crippen LogP contribution in [0.25, 0.3) is 0 Å². The van der Waals surface area contributed by atoms with Crippen molar-refractivity contribution in [1.82, 2.24) is 9.80 Å². The summed E-state index contributed by atoms with van der Waals surface area (Å²) in [6, 6.07) is 18.4. The van der Waals surface area contributed by atoms with Gasteiger partial charge in [0.15, 0.2) is 0 Å². The highest BCUT2D eigenvalue weighted by atomic mass is 32.2. The molecule has 2 aromatic rings. The molecule has 0 spiro atoms. The fraction of sp³-hybridized carbons (Fsp3) is 0.409. The number of likely N-dealkylation sites (tertiary alicyclic amines) is 1. The Hall–Kier alpha value is -1.78. The largest absolute Gasteiger partial charge is 0.322 e. The molecule has 2 aromatic carbocycles. The maximum Gasteiger partial charge on any atom is 0.256 e. The van der Waals surface area contributed by atoms with Crippen molar-refractivity contribution in [2.24, 2.45) is 0 Å². The maximum atomic E-state index is 13.2. The summed E-state index contributed by atoms with van der Waals surface area (Å²) in [7, 11) is 0. The van der Waals surface area contributed by atoms with E-state index in [2.05, 4.69) is 40.1 Å². The fourth-order valence-corrected chi connectivity index (χ4v) is 5.22. The first-order valence-corrected chi connectivity index (χ1v) is 10.5. The van der Waals surface area contributed by atoms with Gasteiger partial charge in [0.05, 0.1) is 5.56 Å². The number of rotatable bonds is 5. The molecule has 3 nitrogen and oxygen atoms in total. The lowest BCUT2D eigenvalue weighted by Gasteiger charge is -2.37. The number of hydrogen-bond acceptors (Lipinski definition) is 3. The van der Waals surface area contributed by atoms with Crippen LogP contribution in [0.4, 0.5) is 0 Å². The molecule has 1 fully saturated rings. The predicted molar refractivity (Wildman–Crippen MR) is 107 cm³/mol. The first-order valence-electron chi connectivity index (χ1n) is 9.67. The molecule has 4 heteroatoms. The molecular formula is C22H26N2OS. The van der Waals surface area contributed by atoms with Crippen LogP contribution in [0.1, 0.15) is 47.0 Å². The Morgan fingerprint density at radius 3 is 2.42 bits per heavy atom. The Kier molecular flexibility index (Phi) is 5.61. The van der Waals surface area contributed by atoms with Crippen LogP contribution in [0.2, 0.25) is 0 Å². The molecule has 0 saturated carbocycles. The van der Waals surface area contributed by atoms with E-state index in [1.807, 2.05) is 24.3 Å². The number of nitrogens with zero attached hydrogens (tertiary/aromatic N) is 2. The van der Waals surface area contributed by atoms with Crippen LogP contribution in [0.3, 0.4) is 0 Å². The molecule has 136 valence electrons. The Morgan fingerprint density at radius 1 is 0.885 bits per heavy atom. The van der Waals surface area contributed by atoms with Gasteiger partial charge in [-0.05, 0) is 56.6 Å². The van der Waals surface area contributed by atoms with Gasteiger partial charge in [0.1, 0.15) is 5.37 Å². The summed E-state index contributed by atoms with van der Waals surface area (Å²) in [5, 5.41) is 0.0694. The van der Waals surface area contributed by atoms with Gasteiger partial charge in [-0.15, -0.1) is 0 Å². The number of hydrogen-bond donors (Lipinski definition) is 0. The Bertz CT molecular complexity index is 743. The SMILES string of the molecule is O=C1c2ccccc2SC(c2ccccc2)N1CCCN1CCCCC1. The number of benzene rings is 2. The van der Waals surface area contributed by atoms with Crippen LogP contribution in [0.5, 0.6) is 0 Å². The monoisotopic (exact) mass is 366 g/mol. The van der Waals surface area contributed by atoms with E-state index in [9.17, 15) is 4.79 Å². The van der Waals surface area contributed by atoms with E-state index in [4.69, 9.17) is 0 Å². The third-order valence-corrected chi connectivity index (χ3v) is 6.67. The lowest BCUT2D eigenvalue weighted by molar-refractivity contribution is 0.0715. The van der Waals surface area contributed by atoms with Crippen molar-refractivity contribution in [3.63, 3.8) is 0 Å². The summed E-state index contributed by atoms with van der Waals surface area (Å²) in [6.07, 6.45) is 5.04. The van der Waals surface area contributed by atoms with Gasteiger partial charge >= 0.3 is 0 Å². The van der Waals surface area contributed by atoms with E-state index >= 15 is 0 Å². The van der Waals surface area contributed by atoms with Crippen LogP contribution in [-0.2, 0) is 0 Å². The quantitative estimate of drug-likeness (QED) is 0.759. The third kappa shape index (κ3) is 3.81. The smallest absolute Gasteiger partial charge is 0.256 e. The molecule has 0 aromatic heterocycles. The van der Waals surface area contributed by atoms with Crippen LogP contribution in [0, 0.1) is 0 Å². The van der Waals surface area contributed by atoms with Crippen molar-refractivity contribution in [2.45, 2.75) is 36.0 Å². The topological polar surface area (TPSA) is 23.6 Å². The summed E-state index contributed by atoms with van der Waals surface area (Å²) in [5.74, 6) is 0.173. The van der Waals surface area contributed by atoms with Crippen LogP contribution in [-0.4, -0.2) is 41.9 Å². The fourth-order valence-electron chi connectivity index (χ4n) is 3.92. The predicted octanol–water partition coefficient (Wildman–Crippen LogP) is 4.81. The number of thioether (sulfide) groups is 1. The third-order valence-electron chi connectivity index (χ3n) is 5.31. The van der Waals surface area contributed by atoms with Gasteiger partial charge in [-0.1, -0.05) is 60.6 Å². The first kappa shape index (κ1) is 17.6. The maximum absolute atomic E-state index is 13.2. The lowest BCUT2D eigenvalue weighted by Crippen LogP contribution is -2.39. The van der Waals surface area contributed by atoms with E-state index in [1.165, 1.54) is 37.9 Å². The zero-order valence-corrected chi connectivity index (χ0v) is 16.0. The number of piperidine rings is 1. The van der Waals surface area contributed by atoms with E-state index in [1.54, 1.807) is 11.8 Å². The van der Waals surface area contributed by atoms with Crippen LogP contribution < -0.4 is 0 Å². The summed E-state index contributed by atoms with van der Waals surface area (Å²) >= 11 is 1.80. The molecule has 1 saturated heterocycles. The number of fused-ring (bicyclic) bond motifs is 1. The molecular weight excluding hydrogens is 340 g/mol. The Labute approximate surface area is 160 Å². The minimum Gasteiger partial charge on any atom is -0.322 e. The molecule has 1 amide bonds. The second kappa shape index (κ2) is 8.28. The molecule has 2 aliphatic heterocycles. The van der Waals surface area contributed by atoms with Crippen LogP contribution >= 0.6 is 11.8 Å². The van der Waals surface area contributed by atoms with Gasteiger partial charge in [0.25, 0.3) is 5.91 Å². The molecule has 0 aliphatic carbocycles. The number of carbonyl (C=O) groups is 1. The average molecular weight is 367 g/mol. The Morgan fingerprint density at radius 2 is 1.62 bits per heavy atom. The van der Waals surface area contributed by atoms with Crippen molar-refractivity contribution in [3.05, 3.63) is 65.7 Å². The van der Waals surface area contributed by atoms with Crippen LogP contribution in [0.15, 0.2) is 59.5 Å². The second-order valence-corrected chi connectivity index (χ2v) is 8.25. The number of amides is 1. The highest BCUT2D eigenvalue weighted by molar-refractivity contribution is 7.99. The van der Waals surface area contributed by atoms with Gasteiger partial charge in [-0.25, -0.2) is 0 Å². The van der Waals surface area contributed by atoms with Gasteiger partial charge < -0.3 is 9.80 Å². The average Bonchev–Trinajstić information content (AvgIpc) is 2.71. The minimum absolute atomic E-state index is 0.0694. The molecule has 0 radical (unpaired) electrons. The normalized spacial score (nSPS) is 20.8. The second-order valence-electron chi connectivity index (χ2n) is 7.13. The molecule has 2 heterocycles. The van der Waals surface area contributed by atoms with Crippen molar-refractivity contribution < 1.29 is 4.79 Å². The zero-order chi connectivity index (χ0) is 17.8. The molecule has 1 unspecified atom stereocenters. The van der Waals surface area contributed by atoms with Crippen molar-refractivity contribution in [1.29, 1.82) is 0 Å². The van der Waals surface area contributed by atoms with Gasteiger partial charge in [-0.2, -0.15) is 0 Å². The van der Waals surface area contributed by atoms with Crippen molar-refractivity contribution in [3.8, 4) is 0 Å². The van der Waals surface area contributed by atoms with Gasteiger partial charge in [0.2, 0.25) is 0 Å². The molecule has 2 aliphatic rings.